The zero-order chi connectivity index (χ0) is 29.8. The topological polar surface area (TPSA) is 74.2 Å². The predicted molar refractivity (Wildman–Crippen MR) is 167 cm³/mol. The summed E-state index contributed by atoms with van der Waals surface area (Å²) in [5, 5.41) is 13.9. The van der Waals surface area contributed by atoms with Crippen molar-refractivity contribution in [3.63, 3.8) is 0 Å². The molecule has 42 heavy (non-hydrogen) atoms. The first-order valence-electron chi connectivity index (χ1n) is 15.1. The van der Waals surface area contributed by atoms with Crippen molar-refractivity contribution in [1.82, 2.24) is 0 Å². The van der Waals surface area contributed by atoms with E-state index < -0.39 is 32.2 Å². The first-order chi connectivity index (χ1) is 20.2. The number of hydrogen-bond donors (Lipinski definition) is 1. The predicted octanol–water partition coefficient (Wildman–Crippen LogP) is 5.36. The second-order valence-electron chi connectivity index (χ2n) is 12.6. The van der Waals surface area contributed by atoms with Crippen LogP contribution in [0.2, 0.25) is 5.04 Å². The van der Waals surface area contributed by atoms with Crippen molar-refractivity contribution >= 4 is 24.5 Å². The van der Waals surface area contributed by atoms with E-state index in [1.807, 2.05) is 60.7 Å². The highest BCUT2D eigenvalue weighted by atomic mass is 28.4. The maximum atomic E-state index is 14.2. The zero-order valence-electron chi connectivity index (χ0n) is 25.3. The van der Waals surface area contributed by atoms with Crippen LogP contribution >= 0.6 is 0 Å². The Morgan fingerprint density at radius 2 is 1.50 bits per heavy atom. The van der Waals surface area contributed by atoms with Gasteiger partial charge in [-0.15, -0.1) is 0 Å². The molecule has 3 atom stereocenters. The van der Waals surface area contributed by atoms with Crippen molar-refractivity contribution in [2.24, 2.45) is 0 Å². The highest BCUT2D eigenvalue weighted by molar-refractivity contribution is 6.99. The van der Waals surface area contributed by atoms with E-state index in [9.17, 15) is 9.90 Å². The SMILES string of the molecule is COc1ccc([C@@H](C(=O)[C@@H]2COC3(CCCCC3)O2)[C@@H](O)CO[Si](c2ccccc2)(c2ccccc2)C(C)(C)C)cc1. The van der Waals surface area contributed by atoms with Gasteiger partial charge in [-0.3, -0.25) is 4.79 Å². The van der Waals surface area contributed by atoms with Crippen LogP contribution in [0.1, 0.15) is 64.4 Å². The minimum Gasteiger partial charge on any atom is -0.497 e. The van der Waals surface area contributed by atoms with E-state index in [0.717, 1.165) is 42.5 Å². The Labute approximate surface area is 251 Å². The van der Waals surface area contributed by atoms with E-state index >= 15 is 0 Å². The lowest BCUT2D eigenvalue weighted by Crippen LogP contribution is -2.67. The summed E-state index contributed by atoms with van der Waals surface area (Å²) in [5.74, 6) is -1.02. The molecule has 2 aliphatic rings. The van der Waals surface area contributed by atoms with Crippen molar-refractivity contribution < 1.29 is 28.5 Å². The summed E-state index contributed by atoms with van der Waals surface area (Å²) >= 11 is 0. The minimum atomic E-state index is -2.92. The highest BCUT2D eigenvalue weighted by Crippen LogP contribution is 2.41. The molecule has 0 radical (unpaired) electrons. The summed E-state index contributed by atoms with van der Waals surface area (Å²) in [4.78, 5) is 14.2. The van der Waals surface area contributed by atoms with E-state index in [2.05, 4.69) is 45.0 Å². The molecule has 0 unspecified atom stereocenters. The van der Waals surface area contributed by atoms with Crippen molar-refractivity contribution in [1.29, 1.82) is 0 Å². The van der Waals surface area contributed by atoms with Crippen molar-refractivity contribution in [2.45, 2.75) is 81.8 Å². The first-order valence-corrected chi connectivity index (χ1v) is 17.0. The van der Waals surface area contributed by atoms with Gasteiger partial charge in [0.25, 0.3) is 8.32 Å². The summed E-state index contributed by atoms with van der Waals surface area (Å²) in [5.41, 5.74) is 0.701. The summed E-state index contributed by atoms with van der Waals surface area (Å²) in [6.07, 6.45) is 2.96. The maximum absolute atomic E-state index is 14.2. The fourth-order valence-corrected chi connectivity index (χ4v) is 11.3. The number of aliphatic hydroxyl groups excluding tert-OH is 1. The molecular weight excluding hydrogens is 544 g/mol. The monoisotopic (exact) mass is 588 g/mol. The average molecular weight is 589 g/mol. The normalized spacial score (nSPS) is 20.3. The quantitative estimate of drug-likeness (QED) is 0.322. The molecule has 1 aliphatic carbocycles. The van der Waals surface area contributed by atoms with Gasteiger partial charge in [0.05, 0.1) is 32.3 Å². The van der Waals surface area contributed by atoms with Gasteiger partial charge in [-0.25, -0.2) is 0 Å². The molecule has 1 N–H and O–H groups in total. The highest BCUT2D eigenvalue weighted by Gasteiger charge is 2.52. The van der Waals surface area contributed by atoms with Gasteiger partial charge < -0.3 is 23.7 Å². The largest absolute Gasteiger partial charge is 0.497 e. The van der Waals surface area contributed by atoms with E-state index in [1.165, 1.54) is 0 Å². The summed E-state index contributed by atoms with van der Waals surface area (Å²) < 4.78 is 24.9. The number of ketones is 1. The molecule has 224 valence electrons. The summed E-state index contributed by atoms with van der Waals surface area (Å²) in [6, 6.07) is 28.0. The zero-order valence-corrected chi connectivity index (χ0v) is 26.3. The van der Waals surface area contributed by atoms with E-state index in [4.69, 9.17) is 18.6 Å². The number of carbonyl (C=O) groups is 1. The molecule has 1 spiro atoms. The third-order valence-electron chi connectivity index (χ3n) is 8.84. The van der Waals surface area contributed by atoms with Gasteiger partial charge in [0.15, 0.2) is 11.6 Å². The van der Waals surface area contributed by atoms with E-state index in [1.54, 1.807) is 7.11 Å². The van der Waals surface area contributed by atoms with Crippen molar-refractivity contribution in [3.8, 4) is 5.75 Å². The van der Waals surface area contributed by atoms with Gasteiger partial charge in [0.1, 0.15) is 11.9 Å². The molecule has 1 heterocycles. The molecule has 0 aromatic heterocycles. The first kappa shape index (κ1) is 30.6. The number of methoxy groups -OCH3 is 1. The lowest BCUT2D eigenvalue weighted by atomic mass is 9.87. The Bertz CT molecular complexity index is 1260. The van der Waals surface area contributed by atoms with Crippen LogP contribution in [0.3, 0.4) is 0 Å². The second kappa shape index (κ2) is 12.8. The summed E-state index contributed by atoms with van der Waals surface area (Å²) in [7, 11) is -1.31. The molecular formula is C35H44O6Si. The van der Waals surface area contributed by atoms with Gasteiger partial charge in [0.2, 0.25) is 0 Å². The molecule has 1 aliphatic heterocycles. The average Bonchev–Trinajstić information content (AvgIpc) is 3.41. The Kier molecular flexibility index (Phi) is 9.35. The molecule has 3 aromatic carbocycles. The number of Topliss-reactive ketones (excluding diaryl/α,β-unsaturated/α-hetero) is 1. The molecule has 5 rings (SSSR count). The van der Waals surface area contributed by atoms with Crippen molar-refractivity contribution in [2.75, 3.05) is 20.3 Å². The van der Waals surface area contributed by atoms with Gasteiger partial charge in [0, 0.05) is 12.8 Å². The van der Waals surface area contributed by atoms with Crippen LogP contribution in [0, 0.1) is 0 Å². The molecule has 1 saturated carbocycles. The molecule has 0 amide bonds. The smallest absolute Gasteiger partial charge is 0.261 e. The van der Waals surface area contributed by atoms with Gasteiger partial charge in [-0.1, -0.05) is 100.0 Å². The fourth-order valence-electron chi connectivity index (χ4n) is 6.70. The lowest BCUT2D eigenvalue weighted by molar-refractivity contribution is -0.189. The molecule has 0 bridgehead atoms. The molecule has 3 aromatic rings. The second-order valence-corrected chi connectivity index (χ2v) is 16.9. The van der Waals surface area contributed by atoms with Gasteiger partial charge in [-0.2, -0.15) is 0 Å². The Morgan fingerprint density at radius 3 is 2.02 bits per heavy atom. The standard InChI is InChI=1S/C35H44O6Si/c1-34(2,3)42(28-14-8-5-9-15-28,29-16-10-6-11-17-29)40-24-30(36)32(26-18-20-27(38-4)21-19-26)33(37)31-25-39-35(41-31)22-12-7-13-23-35/h5-6,8-11,14-21,30-32,36H,7,12-13,22-25H2,1-4H3/t30-,31-,32+/m0/s1. The van der Waals surface area contributed by atoms with Crippen LogP contribution in [0.15, 0.2) is 84.9 Å². The van der Waals surface area contributed by atoms with Crippen molar-refractivity contribution in [3.05, 3.63) is 90.5 Å². The fraction of sp³-hybridized carbons (Fsp3) is 0.457. The number of rotatable bonds is 10. The van der Waals surface area contributed by atoms with Crippen LogP contribution in [0.25, 0.3) is 0 Å². The maximum Gasteiger partial charge on any atom is 0.261 e. The Morgan fingerprint density at radius 1 is 0.929 bits per heavy atom. The van der Waals surface area contributed by atoms with Crippen LogP contribution in [-0.2, 0) is 18.7 Å². The lowest BCUT2D eigenvalue weighted by Gasteiger charge is -2.43. The number of ether oxygens (including phenoxy) is 3. The molecule has 1 saturated heterocycles. The van der Waals surface area contributed by atoms with Crippen LogP contribution in [0.4, 0.5) is 0 Å². The Hall–Kier alpha value is -2.81. The molecule has 2 fully saturated rings. The number of carbonyl (C=O) groups excluding carboxylic acids is 1. The third-order valence-corrected chi connectivity index (χ3v) is 13.8. The van der Waals surface area contributed by atoms with E-state index in [-0.39, 0.29) is 24.0 Å². The number of hydrogen-bond acceptors (Lipinski definition) is 6. The van der Waals surface area contributed by atoms with Crippen LogP contribution in [-0.4, -0.2) is 57.5 Å². The third kappa shape index (κ3) is 6.12. The Balaban J connectivity index is 1.47. The van der Waals surface area contributed by atoms with E-state index in [0.29, 0.717) is 11.3 Å². The number of aliphatic hydroxyl groups is 1. The summed E-state index contributed by atoms with van der Waals surface area (Å²) in [6.45, 7) is 6.79. The van der Waals surface area contributed by atoms with Crippen LogP contribution < -0.4 is 15.1 Å². The van der Waals surface area contributed by atoms with Crippen LogP contribution in [0.5, 0.6) is 5.75 Å². The number of benzene rings is 3. The minimum absolute atomic E-state index is 0.00552. The molecule has 6 nitrogen and oxygen atoms in total. The molecule has 7 heteroatoms. The van der Waals surface area contributed by atoms with Gasteiger partial charge in [-0.05, 0) is 45.9 Å². The van der Waals surface area contributed by atoms with Gasteiger partial charge >= 0.3 is 0 Å².